The Balaban J connectivity index is 1.94. The number of carbonyl (C=O) groups is 1. The van der Waals surface area contributed by atoms with E-state index in [9.17, 15) is 9.18 Å². The van der Waals surface area contributed by atoms with Crippen LogP contribution in [-0.2, 0) is 4.79 Å². The number of aryl methyl sites for hydroxylation is 2. The molecule has 0 unspecified atom stereocenters. The number of nitrogens with one attached hydrogen (secondary N) is 1. The van der Waals surface area contributed by atoms with E-state index in [1.807, 2.05) is 31.2 Å². The van der Waals surface area contributed by atoms with E-state index in [2.05, 4.69) is 5.32 Å². The normalized spacial score (nSPS) is 10.2. The number of amides is 1. The van der Waals surface area contributed by atoms with Crippen LogP contribution in [0.25, 0.3) is 0 Å². The summed E-state index contributed by atoms with van der Waals surface area (Å²) in [5.74, 6) is -0.0615. The summed E-state index contributed by atoms with van der Waals surface area (Å²) < 4.78 is 18.3. The molecule has 0 spiro atoms. The van der Waals surface area contributed by atoms with Crippen molar-refractivity contribution in [2.75, 3.05) is 11.9 Å². The fourth-order valence-corrected chi connectivity index (χ4v) is 1.82. The van der Waals surface area contributed by atoms with Gasteiger partial charge in [0, 0.05) is 5.69 Å². The van der Waals surface area contributed by atoms with Gasteiger partial charge in [0.1, 0.15) is 11.6 Å². The highest BCUT2D eigenvalue weighted by molar-refractivity contribution is 5.92. The molecule has 0 saturated carbocycles. The first-order valence-electron chi connectivity index (χ1n) is 6.30. The van der Waals surface area contributed by atoms with Crippen LogP contribution in [-0.4, -0.2) is 12.5 Å². The highest BCUT2D eigenvalue weighted by Gasteiger charge is 2.07. The van der Waals surface area contributed by atoms with E-state index >= 15 is 0 Å². The SMILES string of the molecule is Cc1ccccc1NC(=O)COc1ccc(F)cc1C. The van der Waals surface area contributed by atoms with Crippen molar-refractivity contribution in [1.29, 1.82) is 0 Å². The molecule has 0 fully saturated rings. The maximum atomic E-state index is 12.9. The number of ether oxygens (including phenoxy) is 1. The molecule has 0 aliphatic heterocycles. The number of hydrogen-bond donors (Lipinski definition) is 1. The number of anilines is 1. The zero-order chi connectivity index (χ0) is 14.5. The molecule has 2 rings (SSSR count). The molecule has 1 N–H and O–H groups in total. The van der Waals surface area contributed by atoms with Crippen LogP contribution in [0.4, 0.5) is 10.1 Å². The van der Waals surface area contributed by atoms with Crippen molar-refractivity contribution >= 4 is 11.6 Å². The molecule has 0 heterocycles. The molecule has 0 saturated heterocycles. The van der Waals surface area contributed by atoms with Gasteiger partial charge in [0.05, 0.1) is 0 Å². The van der Waals surface area contributed by atoms with Gasteiger partial charge in [-0.2, -0.15) is 0 Å². The average Bonchev–Trinajstić information content (AvgIpc) is 2.40. The number of halogens is 1. The lowest BCUT2D eigenvalue weighted by atomic mass is 10.2. The van der Waals surface area contributed by atoms with Crippen LogP contribution in [0.3, 0.4) is 0 Å². The molecule has 2 aromatic carbocycles. The van der Waals surface area contributed by atoms with Gasteiger partial charge in [0.2, 0.25) is 0 Å². The summed E-state index contributed by atoms with van der Waals surface area (Å²) in [6.45, 7) is 3.54. The van der Waals surface area contributed by atoms with Gasteiger partial charge >= 0.3 is 0 Å². The van der Waals surface area contributed by atoms with Gasteiger partial charge in [0.25, 0.3) is 5.91 Å². The molecule has 1 amide bonds. The van der Waals surface area contributed by atoms with Crippen LogP contribution in [0.15, 0.2) is 42.5 Å². The molecule has 0 aromatic heterocycles. The van der Waals surface area contributed by atoms with E-state index in [0.29, 0.717) is 11.3 Å². The summed E-state index contributed by atoms with van der Waals surface area (Å²) in [7, 11) is 0. The van der Waals surface area contributed by atoms with Crippen molar-refractivity contribution in [3.63, 3.8) is 0 Å². The first kappa shape index (κ1) is 14.1. The number of para-hydroxylation sites is 1. The molecule has 104 valence electrons. The Kier molecular flexibility index (Phi) is 4.35. The van der Waals surface area contributed by atoms with E-state index in [-0.39, 0.29) is 18.3 Å². The highest BCUT2D eigenvalue weighted by atomic mass is 19.1. The van der Waals surface area contributed by atoms with Crippen molar-refractivity contribution in [1.82, 2.24) is 0 Å². The fraction of sp³-hybridized carbons (Fsp3) is 0.188. The Labute approximate surface area is 117 Å². The Morgan fingerprint density at radius 2 is 1.90 bits per heavy atom. The first-order valence-corrected chi connectivity index (χ1v) is 6.30. The third-order valence-corrected chi connectivity index (χ3v) is 2.91. The smallest absolute Gasteiger partial charge is 0.262 e. The number of carbonyl (C=O) groups excluding carboxylic acids is 1. The number of hydrogen-bond acceptors (Lipinski definition) is 2. The van der Waals surface area contributed by atoms with Gasteiger partial charge in [-0.25, -0.2) is 4.39 Å². The van der Waals surface area contributed by atoms with Gasteiger partial charge < -0.3 is 10.1 Å². The summed E-state index contributed by atoms with van der Waals surface area (Å²) in [6, 6.07) is 11.7. The molecule has 0 atom stereocenters. The monoisotopic (exact) mass is 273 g/mol. The van der Waals surface area contributed by atoms with E-state index in [1.54, 1.807) is 6.92 Å². The molecule has 4 heteroatoms. The van der Waals surface area contributed by atoms with Gasteiger partial charge in [-0.3, -0.25) is 4.79 Å². The van der Waals surface area contributed by atoms with E-state index in [0.717, 1.165) is 11.3 Å². The molecule has 0 aliphatic rings. The molecule has 2 aromatic rings. The largest absolute Gasteiger partial charge is 0.483 e. The second-order valence-corrected chi connectivity index (χ2v) is 4.56. The molecule has 0 bridgehead atoms. The topological polar surface area (TPSA) is 38.3 Å². The number of benzene rings is 2. The maximum absolute atomic E-state index is 12.9. The average molecular weight is 273 g/mol. The van der Waals surface area contributed by atoms with Crippen molar-refractivity contribution in [3.05, 3.63) is 59.4 Å². The molecule has 3 nitrogen and oxygen atoms in total. The lowest BCUT2D eigenvalue weighted by Crippen LogP contribution is -2.20. The second kappa shape index (κ2) is 6.19. The predicted octanol–water partition coefficient (Wildman–Crippen LogP) is 3.46. The summed E-state index contributed by atoms with van der Waals surface area (Å²) in [4.78, 5) is 11.8. The Morgan fingerprint density at radius 1 is 1.15 bits per heavy atom. The Bertz CT molecular complexity index is 626. The van der Waals surface area contributed by atoms with Crippen LogP contribution in [0, 0.1) is 19.7 Å². The predicted molar refractivity (Wildman–Crippen MR) is 76.4 cm³/mol. The van der Waals surface area contributed by atoms with E-state index in [1.165, 1.54) is 18.2 Å². The maximum Gasteiger partial charge on any atom is 0.262 e. The van der Waals surface area contributed by atoms with Gasteiger partial charge in [-0.15, -0.1) is 0 Å². The quantitative estimate of drug-likeness (QED) is 0.926. The first-order chi connectivity index (χ1) is 9.56. The standard InChI is InChI=1S/C16H16FNO2/c1-11-5-3-4-6-14(11)18-16(19)10-20-15-8-7-13(17)9-12(15)2/h3-9H,10H2,1-2H3,(H,18,19). The fourth-order valence-electron chi connectivity index (χ4n) is 1.82. The summed E-state index contributed by atoms with van der Waals surface area (Å²) in [6.07, 6.45) is 0. The van der Waals surface area contributed by atoms with E-state index < -0.39 is 0 Å². The van der Waals surface area contributed by atoms with Gasteiger partial charge in [0.15, 0.2) is 6.61 Å². The van der Waals surface area contributed by atoms with E-state index in [4.69, 9.17) is 4.74 Å². The zero-order valence-electron chi connectivity index (χ0n) is 11.4. The van der Waals surface area contributed by atoms with Crippen LogP contribution < -0.4 is 10.1 Å². The summed E-state index contributed by atoms with van der Waals surface area (Å²) in [5.41, 5.74) is 2.41. The van der Waals surface area contributed by atoms with Crippen LogP contribution >= 0.6 is 0 Å². The van der Waals surface area contributed by atoms with Gasteiger partial charge in [-0.1, -0.05) is 18.2 Å². The highest BCUT2D eigenvalue weighted by Crippen LogP contribution is 2.18. The molecular weight excluding hydrogens is 257 g/mol. The van der Waals surface area contributed by atoms with Crippen molar-refractivity contribution in [2.24, 2.45) is 0 Å². The molecular formula is C16H16FNO2. The van der Waals surface area contributed by atoms with Crippen LogP contribution in [0.2, 0.25) is 0 Å². The third-order valence-electron chi connectivity index (χ3n) is 2.91. The van der Waals surface area contributed by atoms with Crippen molar-refractivity contribution in [3.8, 4) is 5.75 Å². The lowest BCUT2D eigenvalue weighted by molar-refractivity contribution is -0.118. The molecule has 0 aliphatic carbocycles. The van der Waals surface area contributed by atoms with Crippen molar-refractivity contribution in [2.45, 2.75) is 13.8 Å². The van der Waals surface area contributed by atoms with Crippen molar-refractivity contribution < 1.29 is 13.9 Å². The Morgan fingerprint density at radius 3 is 2.60 bits per heavy atom. The Hall–Kier alpha value is -2.36. The molecule has 20 heavy (non-hydrogen) atoms. The third kappa shape index (κ3) is 3.57. The van der Waals surface area contributed by atoms with Crippen LogP contribution in [0.1, 0.15) is 11.1 Å². The molecule has 0 radical (unpaired) electrons. The second-order valence-electron chi connectivity index (χ2n) is 4.56. The summed E-state index contributed by atoms with van der Waals surface area (Å²) >= 11 is 0. The minimum Gasteiger partial charge on any atom is -0.483 e. The van der Waals surface area contributed by atoms with Crippen LogP contribution in [0.5, 0.6) is 5.75 Å². The zero-order valence-corrected chi connectivity index (χ0v) is 11.4. The lowest BCUT2D eigenvalue weighted by Gasteiger charge is -2.10. The minimum atomic E-state index is -0.320. The summed E-state index contributed by atoms with van der Waals surface area (Å²) in [5, 5.41) is 2.77. The number of rotatable bonds is 4. The van der Waals surface area contributed by atoms with Gasteiger partial charge in [-0.05, 0) is 49.2 Å². The minimum absolute atomic E-state index is 0.110.